The van der Waals surface area contributed by atoms with Gasteiger partial charge in [-0.3, -0.25) is 9.69 Å². The van der Waals surface area contributed by atoms with Crippen LogP contribution in [0.15, 0.2) is 92.2 Å². The predicted molar refractivity (Wildman–Crippen MR) is 207 cm³/mol. The summed E-state index contributed by atoms with van der Waals surface area (Å²) in [5.41, 5.74) is 2.92. The van der Waals surface area contributed by atoms with Crippen LogP contribution in [0.1, 0.15) is 111 Å². The Kier molecular flexibility index (Phi) is 21.4. The van der Waals surface area contributed by atoms with Crippen LogP contribution < -0.4 is 0 Å². The van der Waals surface area contributed by atoms with E-state index in [1.54, 1.807) is 17.7 Å². The molecule has 2 saturated heterocycles. The Morgan fingerprint density at radius 2 is 1.42 bits per heavy atom. The maximum atomic E-state index is 8.36. The monoisotopic (exact) mass is 673 g/mol. The molecule has 5 nitrogen and oxygen atoms in total. The lowest BCUT2D eigenvalue weighted by Gasteiger charge is -2.34. The van der Waals surface area contributed by atoms with Gasteiger partial charge in [0.05, 0.1) is 5.01 Å². The van der Waals surface area contributed by atoms with Gasteiger partial charge in [-0.25, -0.2) is 4.98 Å². The van der Waals surface area contributed by atoms with Crippen molar-refractivity contribution in [3.63, 3.8) is 0 Å². The quantitative estimate of drug-likeness (QED) is 0.200. The normalized spacial score (nSPS) is 19.0. The number of rotatable bonds is 7. The van der Waals surface area contributed by atoms with E-state index in [9.17, 15) is 0 Å². The minimum absolute atomic E-state index is 0.250. The number of hydrogen-bond acceptors (Lipinski definition) is 5. The Balaban J connectivity index is 0.000000262. The van der Waals surface area contributed by atoms with Gasteiger partial charge in [0.1, 0.15) is 0 Å². The largest absolute Gasteiger partial charge is 0.483 e. The number of carbonyl (C=O) groups is 1. The highest BCUT2D eigenvalue weighted by atomic mass is 32.1. The average molecular weight is 674 g/mol. The van der Waals surface area contributed by atoms with Crippen molar-refractivity contribution in [2.75, 3.05) is 33.2 Å². The van der Waals surface area contributed by atoms with Gasteiger partial charge >= 0.3 is 0 Å². The molecule has 0 amide bonds. The maximum Gasteiger partial charge on any atom is 0.290 e. The molecule has 0 bridgehead atoms. The number of benzene rings is 2. The van der Waals surface area contributed by atoms with Crippen LogP contribution in [0.3, 0.4) is 0 Å². The van der Waals surface area contributed by atoms with Crippen LogP contribution in [0, 0.1) is 5.92 Å². The summed E-state index contributed by atoms with van der Waals surface area (Å²) in [6.45, 7) is 18.2. The van der Waals surface area contributed by atoms with E-state index in [0.29, 0.717) is 5.92 Å². The maximum absolute atomic E-state index is 8.36. The second-order valence-corrected chi connectivity index (χ2v) is 14.4. The molecule has 3 aliphatic rings. The number of carboxylic acid groups (broad SMARTS) is 1. The summed E-state index contributed by atoms with van der Waals surface area (Å²) < 4.78 is 0. The standard InChI is InChI=1S/C18H27N.C16H20N2S.C4H6.C3H8.CH2O2/c1-15(16-8-4-2-5-9-16)19-13-12-18(14-19)17-10-6-3-7-11-17;1-18-9-7-14(8-10-18)16-17-12-15(19-16)11-13-5-3-2-4-6-13;1-3-4-2;1-3-2;2-1-3/h3,6-7,10-11,15-16,18H,2,4-5,8-9,12-14H2,1H3;2-6,12,14H,7-11H2,1H3;3-4H,1-2H2;3H2,1-2H3;1H,(H,2,3). The molecule has 2 aliphatic heterocycles. The molecule has 1 aromatic heterocycles. The molecule has 3 heterocycles. The van der Waals surface area contributed by atoms with Gasteiger partial charge in [-0.1, -0.05) is 126 Å². The molecule has 2 aromatic carbocycles. The molecule has 48 heavy (non-hydrogen) atoms. The summed E-state index contributed by atoms with van der Waals surface area (Å²) in [4.78, 5) is 19.6. The van der Waals surface area contributed by atoms with Gasteiger partial charge in [0.15, 0.2) is 0 Å². The molecule has 2 unspecified atom stereocenters. The first kappa shape index (κ1) is 41.1. The van der Waals surface area contributed by atoms with Crippen molar-refractivity contribution >= 4 is 17.8 Å². The van der Waals surface area contributed by atoms with E-state index < -0.39 is 0 Å². The van der Waals surface area contributed by atoms with Crippen molar-refractivity contribution in [3.8, 4) is 0 Å². The second-order valence-electron chi connectivity index (χ2n) is 13.2. The van der Waals surface area contributed by atoms with Crippen molar-refractivity contribution in [2.24, 2.45) is 5.92 Å². The molecule has 3 fully saturated rings. The summed E-state index contributed by atoms with van der Waals surface area (Å²) in [5.74, 6) is 2.42. The summed E-state index contributed by atoms with van der Waals surface area (Å²) in [6.07, 6.45) is 18.8. The zero-order valence-corrected chi connectivity index (χ0v) is 31.1. The summed E-state index contributed by atoms with van der Waals surface area (Å²) in [6, 6.07) is 22.6. The highest BCUT2D eigenvalue weighted by Crippen LogP contribution is 2.34. The number of aromatic nitrogens is 1. The molecular weight excluding hydrogens is 611 g/mol. The van der Waals surface area contributed by atoms with E-state index in [4.69, 9.17) is 9.90 Å². The molecule has 3 aromatic rings. The molecule has 1 aliphatic carbocycles. The number of likely N-dealkylation sites (tertiary alicyclic amines) is 2. The fraction of sp³-hybridized carbons (Fsp3) is 0.524. The molecule has 0 spiro atoms. The third kappa shape index (κ3) is 15.4. The molecule has 6 rings (SSSR count). The Labute approximate surface area is 296 Å². The fourth-order valence-corrected chi connectivity index (χ4v) is 7.84. The van der Waals surface area contributed by atoms with Crippen LogP contribution in [-0.2, 0) is 11.2 Å². The molecule has 6 heteroatoms. The van der Waals surface area contributed by atoms with Crippen LogP contribution in [0.5, 0.6) is 0 Å². The van der Waals surface area contributed by atoms with Gasteiger partial charge in [0.25, 0.3) is 6.47 Å². The number of allylic oxidation sites excluding steroid dienone is 2. The molecule has 264 valence electrons. The van der Waals surface area contributed by atoms with Gasteiger partial charge in [0.2, 0.25) is 0 Å². The zero-order valence-electron chi connectivity index (χ0n) is 30.3. The van der Waals surface area contributed by atoms with Crippen molar-refractivity contribution in [3.05, 3.63) is 113 Å². The topological polar surface area (TPSA) is 56.7 Å². The van der Waals surface area contributed by atoms with Crippen LogP contribution in [0.4, 0.5) is 0 Å². The average Bonchev–Trinajstić information content (AvgIpc) is 3.82. The SMILES string of the molecule is C=CC=C.CC(C1CCCCC1)N1CCC(c2ccccc2)C1.CCC.CN1CCC(c2ncc(Cc3ccccc3)s2)CC1.O=CO. The van der Waals surface area contributed by atoms with E-state index >= 15 is 0 Å². The molecule has 1 saturated carbocycles. The molecular formula is C42H63N3O2S. The van der Waals surface area contributed by atoms with Crippen LogP contribution >= 0.6 is 11.3 Å². The van der Waals surface area contributed by atoms with E-state index in [1.807, 2.05) is 11.3 Å². The lowest BCUT2D eigenvalue weighted by Crippen LogP contribution is -2.37. The predicted octanol–water partition coefficient (Wildman–Crippen LogP) is 10.5. The minimum atomic E-state index is -0.250. The first-order valence-corrected chi connectivity index (χ1v) is 19.0. The Bertz CT molecular complexity index is 1230. The van der Waals surface area contributed by atoms with E-state index in [1.165, 1.54) is 99.4 Å². The van der Waals surface area contributed by atoms with E-state index in [-0.39, 0.29) is 6.47 Å². The summed E-state index contributed by atoms with van der Waals surface area (Å²) in [5, 5.41) is 8.24. The van der Waals surface area contributed by atoms with Gasteiger partial charge in [-0.15, -0.1) is 11.3 Å². The summed E-state index contributed by atoms with van der Waals surface area (Å²) in [7, 11) is 2.21. The summed E-state index contributed by atoms with van der Waals surface area (Å²) >= 11 is 1.91. The van der Waals surface area contributed by atoms with Gasteiger partial charge in [-0.05, 0) is 88.7 Å². The molecule has 1 N–H and O–H groups in total. The van der Waals surface area contributed by atoms with Crippen LogP contribution in [0.25, 0.3) is 0 Å². The number of piperidine rings is 1. The Hall–Kier alpha value is -3.06. The van der Waals surface area contributed by atoms with Crippen LogP contribution in [0.2, 0.25) is 0 Å². The van der Waals surface area contributed by atoms with Gasteiger partial charge in [-0.2, -0.15) is 0 Å². The number of nitrogens with zero attached hydrogens (tertiary/aromatic N) is 3. The highest BCUT2D eigenvalue weighted by molar-refractivity contribution is 7.11. The lowest BCUT2D eigenvalue weighted by molar-refractivity contribution is -0.122. The third-order valence-corrected chi connectivity index (χ3v) is 10.6. The van der Waals surface area contributed by atoms with Crippen molar-refractivity contribution in [2.45, 2.75) is 103 Å². The third-order valence-electron chi connectivity index (χ3n) is 9.43. The van der Waals surface area contributed by atoms with Crippen LogP contribution in [-0.4, -0.2) is 65.6 Å². The van der Waals surface area contributed by atoms with Gasteiger partial charge < -0.3 is 10.0 Å². The molecule has 2 atom stereocenters. The van der Waals surface area contributed by atoms with E-state index in [0.717, 1.165) is 24.3 Å². The van der Waals surface area contributed by atoms with E-state index in [2.05, 4.69) is 123 Å². The zero-order chi connectivity index (χ0) is 35.0. The Morgan fingerprint density at radius 3 is 1.98 bits per heavy atom. The fourth-order valence-electron chi connectivity index (χ4n) is 6.71. The lowest BCUT2D eigenvalue weighted by atomic mass is 9.84. The smallest absolute Gasteiger partial charge is 0.290 e. The van der Waals surface area contributed by atoms with Crippen molar-refractivity contribution < 1.29 is 9.90 Å². The molecule has 0 radical (unpaired) electrons. The Morgan fingerprint density at radius 1 is 0.875 bits per heavy atom. The first-order chi connectivity index (χ1) is 23.4. The number of thiazole rings is 1. The van der Waals surface area contributed by atoms with Gasteiger partial charge in [0, 0.05) is 36.0 Å². The van der Waals surface area contributed by atoms with Crippen molar-refractivity contribution in [1.29, 1.82) is 0 Å². The minimum Gasteiger partial charge on any atom is -0.483 e. The first-order valence-electron chi connectivity index (χ1n) is 18.2. The van der Waals surface area contributed by atoms with Crippen molar-refractivity contribution in [1.82, 2.24) is 14.8 Å². The highest BCUT2D eigenvalue weighted by Gasteiger charge is 2.31. The second kappa shape index (κ2) is 25.0. The number of hydrogen-bond donors (Lipinski definition) is 1.